The molecule has 2 heterocycles. The zero-order chi connectivity index (χ0) is 17.3. The Balaban J connectivity index is 1.69. The van der Waals surface area contributed by atoms with Crippen LogP contribution < -0.4 is 5.32 Å². The molecule has 0 saturated heterocycles. The number of carbonyl (C=O) groups is 1. The van der Waals surface area contributed by atoms with Crippen molar-refractivity contribution in [1.82, 2.24) is 14.6 Å². The van der Waals surface area contributed by atoms with Gasteiger partial charge in [0.05, 0.1) is 15.8 Å². The number of carbonyl (C=O) groups excluding carboxylic acids is 1. The maximum absolute atomic E-state index is 12.1. The number of hydrogen-bond donors (Lipinski definition) is 1. The van der Waals surface area contributed by atoms with Crippen LogP contribution in [0.5, 0.6) is 0 Å². The van der Waals surface area contributed by atoms with Gasteiger partial charge in [0.25, 0.3) is 0 Å². The lowest BCUT2D eigenvalue weighted by molar-refractivity contribution is -0.113. The average molecular weight is 446 g/mol. The number of halogens is 3. The molecule has 0 radical (unpaired) electrons. The molecule has 1 N–H and O–H groups in total. The van der Waals surface area contributed by atoms with E-state index in [1.165, 1.54) is 11.8 Å². The van der Waals surface area contributed by atoms with Crippen molar-refractivity contribution >= 4 is 68.1 Å². The summed E-state index contributed by atoms with van der Waals surface area (Å²) in [4.78, 5) is 12.1. The molecule has 24 heavy (non-hydrogen) atoms. The molecule has 0 unspecified atom stereocenters. The first kappa shape index (κ1) is 17.5. The van der Waals surface area contributed by atoms with E-state index in [-0.39, 0.29) is 11.7 Å². The molecule has 0 spiro atoms. The topological polar surface area (TPSA) is 59.3 Å². The lowest BCUT2D eigenvalue weighted by Gasteiger charge is -2.07. The van der Waals surface area contributed by atoms with Gasteiger partial charge in [-0.2, -0.15) is 0 Å². The minimum absolute atomic E-state index is 0.133. The fraction of sp³-hybridized carbons (Fsp3) is 0.133. The zero-order valence-corrected chi connectivity index (χ0v) is 16.3. The summed E-state index contributed by atoms with van der Waals surface area (Å²) >= 11 is 16.8. The second-order valence-electron chi connectivity index (χ2n) is 4.98. The van der Waals surface area contributed by atoms with Crippen molar-refractivity contribution < 1.29 is 4.79 Å². The number of aryl methyl sites for hydroxylation is 1. The van der Waals surface area contributed by atoms with Crippen LogP contribution in [0.4, 0.5) is 5.69 Å². The Bertz CT molecular complexity index is 931. The van der Waals surface area contributed by atoms with Crippen molar-refractivity contribution in [3.63, 3.8) is 0 Å². The molecule has 3 rings (SSSR count). The molecule has 1 amide bonds. The molecule has 0 fully saturated rings. The van der Waals surface area contributed by atoms with Crippen LogP contribution in [0.15, 0.2) is 40.1 Å². The number of anilines is 1. The van der Waals surface area contributed by atoms with Gasteiger partial charge in [-0.25, -0.2) is 0 Å². The highest BCUT2D eigenvalue weighted by atomic mass is 79.9. The fourth-order valence-corrected chi connectivity index (χ4v) is 3.52. The molecule has 0 saturated carbocycles. The Morgan fingerprint density at radius 2 is 2.12 bits per heavy atom. The summed E-state index contributed by atoms with van der Waals surface area (Å²) in [6.07, 6.45) is 1.67. The number of rotatable bonds is 4. The SMILES string of the molecule is Cc1cc(NC(=O)CSc2nnc3c(Cl)cc(Cl)cn23)ccc1Br. The lowest BCUT2D eigenvalue weighted by atomic mass is 10.2. The van der Waals surface area contributed by atoms with Crippen LogP contribution >= 0.6 is 50.9 Å². The number of nitrogens with one attached hydrogen (secondary N) is 1. The van der Waals surface area contributed by atoms with Gasteiger partial charge in [0.1, 0.15) is 0 Å². The Kier molecular flexibility index (Phi) is 5.34. The van der Waals surface area contributed by atoms with E-state index in [1.807, 2.05) is 25.1 Å². The Morgan fingerprint density at radius 1 is 1.33 bits per heavy atom. The van der Waals surface area contributed by atoms with Gasteiger partial charge in [-0.05, 0) is 36.8 Å². The Morgan fingerprint density at radius 3 is 2.88 bits per heavy atom. The van der Waals surface area contributed by atoms with Gasteiger partial charge in [-0.3, -0.25) is 9.20 Å². The summed E-state index contributed by atoms with van der Waals surface area (Å²) in [7, 11) is 0. The number of pyridine rings is 1. The number of aromatic nitrogens is 3. The second-order valence-corrected chi connectivity index (χ2v) is 7.62. The van der Waals surface area contributed by atoms with E-state index in [0.29, 0.717) is 20.8 Å². The fourth-order valence-electron chi connectivity index (χ4n) is 2.05. The third-order valence-electron chi connectivity index (χ3n) is 3.17. The highest BCUT2D eigenvalue weighted by molar-refractivity contribution is 9.10. The van der Waals surface area contributed by atoms with Crippen LogP contribution in [-0.4, -0.2) is 26.3 Å². The van der Waals surface area contributed by atoms with E-state index in [4.69, 9.17) is 23.2 Å². The summed E-state index contributed by atoms with van der Waals surface area (Å²) in [5, 5.41) is 12.4. The highest BCUT2D eigenvalue weighted by Crippen LogP contribution is 2.25. The summed E-state index contributed by atoms with van der Waals surface area (Å²) in [5.74, 6) is 0.0617. The van der Waals surface area contributed by atoms with E-state index in [0.717, 1.165) is 15.7 Å². The molecule has 0 atom stereocenters. The average Bonchev–Trinajstić information content (AvgIpc) is 2.92. The largest absolute Gasteiger partial charge is 0.325 e. The number of thioether (sulfide) groups is 1. The predicted molar refractivity (Wildman–Crippen MR) is 101 cm³/mol. The molecule has 1 aromatic carbocycles. The monoisotopic (exact) mass is 444 g/mol. The van der Waals surface area contributed by atoms with Gasteiger partial charge in [0.2, 0.25) is 5.91 Å². The van der Waals surface area contributed by atoms with Gasteiger partial charge in [0, 0.05) is 16.4 Å². The smallest absolute Gasteiger partial charge is 0.234 e. The summed E-state index contributed by atoms with van der Waals surface area (Å²) < 4.78 is 2.67. The van der Waals surface area contributed by atoms with Crippen molar-refractivity contribution in [2.45, 2.75) is 12.1 Å². The van der Waals surface area contributed by atoms with Crippen molar-refractivity contribution in [1.29, 1.82) is 0 Å². The first-order valence-corrected chi connectivity index (χ1v) is 9.36. The number of hydrogen-bond acceptors (Lipinski definition) is 4. The summed E-state index contributed by atoms with van der Waals surface area (Å²) in [5.41, 5.74) is 2.30. The molecular formula is C15H11BrCl2N4OS. The third kappa shape index (κ3) is 3.85. The highest BCUT2D eigenvalue weighted by Gasteiger charge is 2.12. The van der Waals surface area contributed by atoms with Crippen LogP contribution in [0.1, 0.15) is 5.56 Å². The molecule has 0 aliphatic heterocycles. The van der Waals surface area contributed by atoms with Gasteiger partial charge >= 0.3 is 0 Å². The standard InChI is InChI=1S/C15H11BrCl2N4OS/c1-8-4-10(2-3-11(8)16)19-13(23)7-24-15-21-20-14-12(18)5-9(17)6-22(14)15/h2-6H,7H2,1H3,(H,19,23). The number of nitrogens with zero attached hydrogens (tertiary/aromatic N) is 3. The Hall–Kier alpha value is -1.28. The molecule has 0 aliphatic carbocycles. The minimum atomic E-state index is -0.133. The third-order valence-corrected chi connectivity index (χ3v) is 5.49. The van der Waals surface area contributed by atoms with Crippen LogP contribution in [-0.2, 0) is 4.79 Å². The normalized spacial score (nSPS) is 11.0. The van der Waals surface area contributed by atoms with Crippen molar-refractivity contribution in [2.75, 3.05) is 11.1 Å². The maximum atomic E-state index is 12.1. The minimum Gasteiger partial charge on any atom is -0.325 e. The maximum Gasteiger partial charge on any atom is 0.234 e. The lowest BCUT2D eigenvalue weighted by Crippen LogP contribution is -2.14. The molecule has 0 bridgehead atoms. The summed E-state index contributed by atoms with van der Waals surface area (Å²) in [6, 6.07) is 7.24. The zero-order valence-electron chi connectivity index (χ0n) is 12.4. The predicted octanol–water partition coefficient (Wildman–Crippen LogP) is 4.84. The van der Waals surface area contributed by atoms with E-state index in [1.54, 1.807) is 16.7 Å². The Labute approximate surface area is 160 Å². The van der Waals surface area contributed by atoms with E-state index in [2.05, 4.69) is 31.4 Å². The van der Waals surface area contributed by atoms with E-state index in [9.17, 15) is 4.79 Å². The molecule has 5 nitrogen and oxygen atoms in total. The number of fused-ring (bicyclic) bond motifs is 1. The van der Waals surface area contributed by atoms with Crippen molar-refractivity contribution in [3.8, 4) is 0 Å². The van der Waals surface area contributed by atoms with E-state index < -0.39 is 0 Å². The second kappa shape index (κ2) is 7.31. The molecule has 2 aromatic heterocycles. The van der Waals surface area contributed by atoms with Crippen LogP contribution in [0.3, 0.4) is 0 Å². The van der Waals surface area contributed by atoms with Gasteiger partial charge < -0.3 is 5.32 Å². The van der Waals surface area contributed by atoms with Crippen LogP contribution in [0.25, 0.3) is 5.65 Å². The first-order valence-electron chi connectivity index (χ1n) is 6.82. The number of benzene rings is 1. The summed E-state index contributed by atoms with van der Waals surface area (Å²) in [6.45, 7) is 1.96. The van der Waals surface area contributed by atoms with Crippen LogP contribution in [0.2, 0.25) is 10.0 Å². The van der Waals surface area contributed by atoms with Crippen molar-refractivity contribution in [2.24, 2.45) is 0 Å². The van der Waals surface area contributed by atoms with Gasteiger partial charge in [0.15, 0.2) is 10.8 Å². The molecule has 124 valence electrons. The van der Waals surface area contributed by atoms with Crippen molar-refractivity contribution in [3.05, 3.63) is 50.5 Å². The van der Waals surface area contributed by atoms with Gasteiger partial charge in [-0.15, -0.1) is 10.2 Å². The molecule has 3 aromatic rings. The van der Waals surface area contributed by atoms with E-state index >= 15 is 0 Å². The molecule has 9 heteroatoms. The molecule has 0 aliphatic rings. The van der Waals surface area contributed by atoms with Gasteiger partial charge in [-0.1, -0.05) is 50.9 Å². The number of amides is 1. The molecular weight excluding hydrogens is 435 g/mol. The quantitative estimate of drug-likeness (QED) is 0.583. The first-order chi connectivity index (χ1) is 11.4. The van der Waals surface area contributed by atoms with Crippen LogP contribution in [0, 0.1) is 6.92 Å².